The zero-order valence-electron chi connectivity index (χ0n) is 17.5. The normalized spacial score (nSPS) is 12.0. The second-order valence-electron chi connectivity index (χ2n) is 8.64. The van der Waals surface area contributed by atoms with Gasteiger partial charge in [-0.1, -0.05) is 101 Å². The lowest BCUT2D eigenvalue weighted by Crippen LogP contribution is -2.39. The molecule has 0 spiro atoms. The van der Waals surface area contributed by atoms with Gasteiger partial charge < -0.3 is 4.48 Å². The van der Waals surface area contributed by atoms with Crippen LogP contribution >= 0.6 is 0 Å². The molecule has 0 amide bonds. The van der Waals surface area contributed by atoms with Crippen LogP contribution in [0.2, 0.25) is 0 Å². The topological polar surface area (TPSA) is 0 Å². The molecule has 1 nitrogen and oxygen atoms in total. The molecule has 0 N–H and O–H groups in total. The summed E-state index contributed by atoms with van der Waals surface area (Å²) in [5, 5.41) is 2.79. The van der Waals surface area contributed by atoms with Crippen molar-refractivity contribution in [1.82, 2.24) is 0 Å². The first-order chi connectivity index (χ1) is 12.6. The highest BCUT2D eigenvalue weighted by Gasteiger charge is 2.16. The van der Waals surface area contributed by atoms with Crippen LogP contribution in [0.25, 0.3) is 10.8 Å². The van der Waals surface area contributed by atoms with E-state index >= 15 is 0 Å². The largest absolute Gasteiger partial charge is 0.325 e. The molecule has 1 heteroatoms. The van der Waals surface area contributed by atoms with Crippen LogP contribution in [0.1, 0.15) is 76.7 Å². The fourth-order valence-electron chi connectivity index (χ4n) is 4.00. The SMILES string of the molecule is CCCCCCCCCCCC[N+](C)(C)Cc1cccc2ccccc12. The maximum absolute atomic E-state index is 2.38. The number of unbranched alkanes of at least 4 members (excludes halogenated alkanes) is 9. The van der Waals surface area contributed by atoms with E-state index in [0.29, 0.717) is 0 Å². The Morgan fingerprint density at radius 1 is 0.654 bits per heavy atom. The van der Waals surface area contributed by atoms with Crippen molar-refractivity contribution < 1.29 is 4.48 Å². The molecular weight excluding hydrogens is 314 g/mol. The van der Waals surface area contributed by atoms with Gasteiger partial charge in [-0.3, -0.25) is 0 Å². The molecule has 0 heterocycles. The van der Waals surface area contributed by atoms with E-state index in [1.807, 2.05) is 0 Å². The standard InChI is InChI=1S/C25H40N/c1-4-5-6-7-8-9-10-11-12-15-21-26(2,3)22-24-19-16-18-23-17-13-14-20-25(23)24/h13-14,16-20H,4-12,15,21-22H2,1-3H3/q+1. The zero-order valence-corrected chi connectivity index (χ0v) is 17.5. The van der Waals surface area contributed by atoms with Crippen molar-refractivity contribution in [3.63, 3.8) is 0 Å². The molecule has 144 valence electrons. The summed E-state index contributed by atoms with van der Waals surface area (Å²) in [6.45, 7) is 4.69. The molecule has 2 aromatic carbocycles. The summed E-state index contributed by atoms with van der Waals surface area (Å²) in [4.78, 5) is 0. The van der Waals surface area contributed by atoms with Gasteiger partial charge in [0.2, 0.25) is 0 Å². The smallest absolute Gasteiger partial charge is 0.105 e. The minimum atomic E-state index is 1.09. The summed E-state index contributed by atoms with van der Waals surface area (Å²) in [6.07, 6.45) is 14.2. The van der Waals surface area contributed by atoms with Crippen molar-refractivity contribution in [1.29, 1.82) is 0 Å². The van der Waals surface area contributed by atoms with Gasteiger partial charge in [-0.15, -0.1) is 0 Å². The van der Waals surface area contributed by atoms with Crippen LogP contribution in [0.15, 0.2) is 42.5 Å². The Hall–Kier alpha value is -1.34. The Balaban J connectivity index is 1.66. The van der Waals surface area contributed by atoms with E-state index in [4.69, 9.17) is 0 Å². The minimum Gasteiger partial charge on any atom is -0.325 e. The number of nitrogens with zero attached hydrogens (tertiary/aromatic N) is 1. The molecular formula is C25H40N+. The van der Waals surface area contributed by atoms with Crippen molar-refractivity contribution in [2.24, 2.45) is 0 Å². The average molecular weight is 355 g/mol. The van der Waals surface area contributed by atoms with E-state index in [9.17, 15) is 0 Å². The maximum atomic E-state index is 2.38. The van der Waals surface area contributed by atoms with E-state index < -0.39 is 0 Å². The lowest BCUT2D eigenvalue weighted by atomic mass is 10.0. The number of quaternary nitrogens is 1. The molecule has 0 saturated carbocycles. The molecule has 0 bridgehead atoms. The molecule has 0 aromatic heterocycles. The van der Waals surface area contributed by atoms with Crippen LogP contribution in [0.4, 0.5) is 0 Å². The third kappa shape index (κ3) is 7.50. The van der Waals surface area contributed by atoms with Gasteiger partial charge in [-0.05, 0) is 23.6 Å². The van der Waals surface area contributed by atoms with Gasteiger partial charge in [-0.2, -0.15) is 0 Å². The van der Waals surface area contributed by atoms with E-state index in [1.165, 1.54) is 87.1 Å². The Morgan fingerprint density at radius 2 is 1.23 bits per heavy atom. The fraction of sp³-hybridized carbons (Fsp3) is 0.600. The molecule has 0 aliphatic heterocycles. The van der Waals surface area contributed by atoms with E-state index in [0.717, 1.165) is 11.0 Å². The Kier molecular flexibility index (Phi) is 9.18. The summed E-state index contributed by atoms with van der Waals surface area (Å²) >= 11 is 0. The first kappa shape index (κ1) is 21.0. The molecule has 0 fully saturated rings. The predicted molar refractivity (Wildman–Crippen MR) is 116 cm³/mol. The lowest BCUT2D eigenvalue weighted by Gasteiger charge is -2.30. The van der Waals surface area contributed by atoms with Crippen molar-refractivity contribution in [3.8, 4) is 0 Å². The van der Waals surface area contributed by atoms with Crippen LogP contribution in [0, 0.1) is 0 Å². The van der Waals surface area contributed by atoms with Gasteiger partial charge in [0.05, 0.1) is 20.6 Å². The summed E-state index contributed by atoms with van der Waals surface area (Å²) in [7, 11) is 4.77. The Labute approximate surface area is 162 Å². The fourth-order valence-corrected chi connectivity index (χ4v) is 4.00. The van der Waals surface area contributed by atoms with Gasteiger partial charge in [0.1, 0.15) is 6.54 Å². The third-order valence-electron chi connectivity index (χ3n) is 5.60. The highest BCUT2D eigenvalue weighted by Crippen LogP contribution is 2.22. The summed E-state index contributed by atoms with van der Waals surface area (Å²) in [5.74, 6) is 0. The number of benzene rings is 2. The van der Waals surface area contributed by atoms with Gasteiger partial charge in [-0.25, -0.2) is 0 Å². The van der Waals surface area contributed by atoms with E-state index in [2.05, 4.69) is 63.5 Å². The predicted octanol–water partition coefficient (Wildman–Crippen LogP) is 7.34. The highest BCUT2D eigenvalue weighted by molar-refractivity contribution is 5.85. The second kappa shape index (κ2) is 11.4. The zero-order chi connectivity index (χ0) is 18.7. The summed E-state index contributed by atoms with van der Waals surface area (Å²) in [6, 6.07) is 15.5. The van der Waals surface area contributed by atoms with Gasteiger partial charge in [0.25, 0.3) is 0 Å². The minimum absolute atomic E-state index is 1.09. The molecule has 0 aliphatic rings. The van der Waals surface area contributed by atoms with Crippen molar-refractivity contribution in [2.75, 3.05) is 20.6 Å². The first-order valence-electron chi connectivity index (χ1n) is 10.9. The molecule has 26 heavy (non-hydrogen) atoms. The van der Waals surface area contributed by atoms with Gasteiger partial charge >= 0.3 is 0 Å². The van der Waals surface area contributed by atoms with Gasteiger partial charge in [0.15, 0.2) is 0 Å². The Morgan fingerprint density at radius 3 is 1.92 bits per heavy atom. The summed E-state index contributed by atoms with van der Waals surface area (Å²) in [5.41, 5.74) is 1.49. The lowest BCUT2D eigenvalue weighted by molar-refractivity contribution is -0.903. The first-order valence-corrected chi connectivity index (χ1v) is 10.9. The van der Waals surface area contributed by atoms with Crippen LogP contribution in [0.3, 0.4) is 0 Å². The maximum Gasteiger partial charge on any atom is 0.105 e. The highest BCUT2D eigenvalue weighted by atomic mass is 15.3. The number of hydrogen-bond acceptors (Lipinski definition) is 0. The average Bonchev–Trinajstić information content (AvgIpc) is 2.63. The number of rotatable bonds is 13. The van der Waals surface area contributed by atoms with Crippen LogP contribution in [0.5, 0.6) is 0 Å². The quantitative estimate of drug-likeness (QED) is 0.261. The van der Waals surface area contributed by atoms with E-state index in [1.54, 1.807) is 0 Å². The third-order valence-corrected chi connectivity index (χ3v) is 5.60. The molecule has 0 saturated heterocycles. The van der Waals surface area contributed by atoms with Crippen LogP contribution in [-0.4, -0.2) is 25.1 Å². The van der Waals surface area contributed by atoms with Crippen molar-refractivity contribution in [3.05, 3.63) is 48.0 Å². The molecule has 0 radical (unpaired) electrons. The molecule has 2 rings (SSSR count). The van der Waals surface area contributed by atoms with E-state index in [-0.39, 0.29) is 0 Å². The van der Waals surface area contributed by atoms with Crippen LogP contribution < -0.4 is 0 Å². The molecule has 0 aliphatic carbocycles. The van der Waals surface area contributed by atoms with Crippen LogP contribution in [-0.2, 0) is 6.54 Å². The Bertz CT molecular complexity index is 624. The van der Waals surface area contributed by atoms with Crippen molar-refractivity contribution in [2.45, 2.75) is 77.7 Å². The summed E-state index contributed by atoms with van der Waals surface area (Å²) < 4.78 is 1.09. The monoisotopic (exact) mass is 354 g/mol. The number of hydrogen-bond donors (Lipinski definition) is 0. The second-order valence-corrected chi connectivity index (χ2v) is 8.64. The molecule has 2 aromatic rings. The molecule has 0 atom stereocenters. The molecule has 0 unspecified atom stereocenters. The van der Waals surface area contributed by atoms with Crippen molar-refractivity contribution >= 4 is 10.8 Å². The van der Waals surface area contributed by atoms with Gasteiger partial charge in [0, 0.05) is 5.56 Å². The number of fused-ring (bicyclic) bond motifs is 1.